The molecule has 1 fully saturated rings. The number of hydrogen-bond acceptors (Lipinski definition) is 2. The molecule has 0 radical (unpaired) electrons. The summed E-state index contributed by atoms with van der Waals surface area (Å²) in [5, 5.41) is 3.13. The smallest absolute Gasteiger partial charge is 0.223 e. The van der Waals surface area contributed by atoms with Crippen LogP contribution in [-0.4, -0.2) is 29.8 Å². The van der Waals surface area contributed by atoms with Gasteiger partial charge in [-0.05, 0) is 44.7 Å². The van der Waals surface area contributed by atoms with Gasteiger partial charge in [0.25, 0.3) is 0 Å². The zero-order valence-electron chi connectivity index (χ0n) is 14.0. The van der Waals surface area contributed by atoms with E-state index in [-0.39, 0.29) is 23.8 Å². The topological polar surface area (TPSA) is 49.4 Å². The minimum atomic E-state index is 0.0129. The summed E-state index contributed by atoms with van der Waals surface area (Å²) in [5.41, 5.74) is 3.61. The lowest BCUT2D eigenvalue weighted by molar-refractivity contribution is -0.134. The van der Waals surface area contributed by atoms with Gasteiger partial charge in [0.2, 0.25) is 11.8 Å². The van der Waals surface area contributed by atoms with Crippen molar-refractivity contribution in [2.45, 2.75) is 46.6 Å². The van der Waals surface area contributed by atoms with Crippen molar-refractivity contribution in [2.24, 2.45) is 5.92 Å². The highest BCUT2D eigenvalue weighted by Gasteiger charge is 2.27. The van der Waals surface area contributed by atoms with Crippen molar-refractivity contribution in [3.05, 3.63) is 34.9 Å². The highest BCUT2D eigenvalue weighted by atomic mass is 16.2. The van der Waals surface area contributed by atoms with Gasteiger partial charge in [-0.25, -0.2) is 0 Å². The van der Waals surface area contributed by atoms with Crippen LogP contribution in [0.3, 0.4) is 0 Å². The predicted octanol–water partition coefficient (Wildman–Crippen LogP) is 2.74. The molecule has 1 aliphatic rings. The Bertz CT molecular complexity index is 560. The van der Waals surface area contributed by atoms with Crippen molar-refractivity contribution in [2.75, 3.05) is 13.1 Å². The molecule has 0 aromatic heterocycles. The third-order valence-corrected chi connectivity index (χ3v) is 4.56. The highest BCUT2D eigenvalue weighted by Crippen LogP contribution is 2.22. The molecule has 0 aliphatic carbocycles. The van der Waals surface area contributed by atoms with E-state index in [1.54, 1.807) is 6.92 Å². The van der Waals surface area contributed by atoms with Crippen LogP contribution in [0.1, 0.15) is 49.4 Å². The lowest BCUT2D eigenvalue weighted by Gasteiger charge is -2.31. The van der Waals surface area contributed by atoms with Crippen molar-refractivity contribution in [3.63, 3.8) is 0 Å². The molecule has 120 valence electrons. The van der Waals surface area contributed by atoms with Gasteiger partial charge in [0.15, 0.2) is 0 Å². The van der Waals surface area contributed by atoms with Crippen molar-refractivity contribution < 1.29 is 9.59 Å². The number of hydrogen-bond donors (Lipinski definition) is 1. The fourth-order valence-corrected chi connectivity index (χ4v) is 3.18. The lowest BCUT2D eigenvalue weighted by atomic mass is 9.94. The second-order valence-electron chi connectivity index (χ2n) is 6.37. The maximum Gasteiger partial charge on any atom is 0.223 e. The van der Waals surface area contributed by atoms with E-state index in [9.17, 15) is 9.59 Å². The zero-order chi connectivity index (χ0) is 16.3. The van der Waals surface area contributed by atoms with Gasteiger partial charge in [0, 0.05) is 25.9 Å². The second kappa shape index (κ2) is 6.95. The second-order valence-corrected chi connectivity index (χ2v) is 6.37. The Morgan fingerprint density at radius 1 is 1.23 bits per heavy atom. The minimum absolute atomic E-state index is 0.0129. The molecule has 4 heteroatoms. The molecule has 22 heavy (non-hydrogen) atoms. The number of carbonyl (C=O) groups excluding carboxylic acids is 2. The van der Waals surface area contributed by atoms with Crippen LogP contribution < -0.4 is 5.32 Å². The first-order chi connectivity index (χ1) is 10.4. The number of amides is 2. The molecule has 1 aromatic rings. The number of rotatable bonds is 3. The summed E-state index contributed by atoms with van der Waals surface area (Å²) in [4.78, 5) is 25.6. The van der Waals surface area contributed by atoms with Crippen molar-refractivity contribution in [1.29, 1.82) is 0 Å². The van der Waals surface area contributed by atoms with Gasteiger partial charge in [0.1, 0.15) is 0 Å². The molecule has 1 aliphatic heterocycles. The number of piperidine rings is 1. The number of benzene rings is 1. The van der Waals surface area contributed by atoms with Crippen LogP contribution in [0.25, 0.3) is 0 Å². The molecule has 1 saturated heterocycles. The Kier molecular flexibility index (Phi) is 5.22. The van der Waals surface area contributed by atoms with E-state index in [0.29, 0.717) is 13.1 Å². The van der Waals surface area contributed by atoms with Crippen LogP contribution >= 0.6 is 0 Å². The summed E-state index contributed by atoms with van der Waals surface area (Å²) >= 11 is 0. The van der Waals surface area contributed by atoms with E-state index in [4.69, 9.17) is 0 Å². The molecule has 4 nitrogen and oxygen atoms in total. The Balaban J connectivity index is 1.93. The van der Waals surface area contributed by atoms with Gasteiger partial charge < -0.3 is 10.2 Å². The average molecular weight is 302 g/mol. The van der Waals surface area contributed by atoms with Crippen LogP contribution in [0.5, 0.6) is 0 Å². The fourth-order valence-electron chi connectivity index (χ4n) is 3.18. The Hall–Kier alpha value is -1.84. The average Bonchev–Trinajstić information content (AvgIpc) is 2.47. The number of nitrogens with one attached hydrogen (secondary N) is 1. The monoisotopic (exact) mass is 302 g/mol. The number of nitrogens with zero attached hydrogens (tertiary/aromatic N) is 1. The number of carbonyl (C=O) groups is 2. The largest absolute Gasteiger partial charge is 0.349 e. The van der Waals surface area contributed by atoms with Gasteiger partial charge in [-0.1, -0.05) is 23.8 Å². The Morgan fingerprint density at radius 3 is 2.41 bits per heavy atom. The van der Waals surface area contributed by atoms with E-state index in [2.05, 4.69) is 37.4 Å². The van der Waals surface area contributed by atoms with Crippen LogP contribution in [0.4, 0.5) is 0 Å². The maximum atomic E-state index is 12.4. The molecule has 1 heterocycles. The van der Waals surface area contributed by atoms with Crippen molar-refractivity contribution >= 4 is 11.8 Å². The van der Waals surface area contributed by atoms with Crippen LogP contribution in [0, 0.1) is 19.8 Å². The first-order valence-corrected chi connectivity index (χ1v) is 8.01. The zero-order valence-corrected chi connectivity index (χ0v) is 14.0. The maximum absolute atomic E-state index is 12.4. The SMILES string of the molecule is CC(=O)N1CCC(C(=O)N[C@H](C)c2ccc(C)cc2C)CC1. The van der Waals surface area contributed by atoms with Crippen molar-refractivity contribution in [3.8, 4) is 0 Å². The van der Waals surface area contributed by atoms with E-state index >= 15 is 0 Å². The molecule has 1 atom stereocenters. The quantitative estimate of drug-likeness (QED) is 0.933. The van der Waals surface area contributed by atoms with E-state index in [1.165, 1.54) is 16.7 Å². The van der Waals surface area contributed by atoms with Crippen LogP contribution in [0.2, 0.25) is 0 Å². The molecule has 1 N–H and O–H groups in total. The Morgan fingerprint density at radius 2 is 1.86 bits per heavy atom. The van der Waals surface area contributed by atoms with Gasteiger partial charge in [-0.2, -0.15) is 0 Å². The first-order valence-electron chi connectivity index (χ1n) is 8.01. The van der Waals surface area contributed by atoms with Gasteiger partial charge in [0.05, 0.1) is 6.04 Å². The molecular weight excluding hydrogens is 276 g/mol. The number of aryl methyl sites for hydroxylation is 2. The fraction of sp³-hybridized carbons (Fsp3) is 0.556. The van der Waals surface area contributed by atoms with Gasteiger partial charge in [-0.3, -0.25) is 9.59 Å². The normalized spacial score (nSPS) is 17.2. The third kappa shape index (κ3) is 3.87. The van der Waals surface area contributed by atoms with Crippen LogP contribution in [-0.2, 0) is 9.59 Å². The summed E-state index contributed by atoms with van der Waals surface area (Å²) in [5.74, 6) is 0.224. The minimum Gasteiger partial charge on any atom is -0.349 e. The molecule has 0 unspecified atom stereocenters. The van der Waals surface area contributed by atoms with E-state index in [0.717, 1.165) is 12.8 Å². The molecule has 0 saturated carbocycles. The Labute approximate surface area is 132 Å². The summed E-state index contributed by atoms with van der Waals surface area (Å²) in [6.45, 7) is 9.14. The molecular formula is C18H26N2O2. The van der Waals surface area contributed by atoms with E-state index < -0.39 is 0 Å². The van der Waals surface area contributed by atoms with Gasteiger partial charge >= 0.3 is 0 Å². The predicted molar refractivity (Wildman–Crippen MR) is 87.5 cm³/mol. The molecule has 0 bridgehead atoms. The highest BCUT2D eigenvalue weighted by molar-refractivity contribution is 5.80. The summed E-state index contributed by atoms with van der Waals surface area (Å²) < 4.78 is 0. The van der Waals surface area contributed by atoms with Crippen molar-refractivity contribution in [1.82, 2.24) is 10.2 Å². The summed E-state index contributed by atoms with van der Waals surface area (Å²) in [6, 6.07) is 6.33. The molecule has 1 aromatic carbocycles. The third-order valence-electron chi connectivity index (χ3n) is 4.56. The molecule has 2 amide bonds. The van der Waals surface area contributed by atoms with Gasteiger partial charge in [-0.15, -0.1) is 0 Å². The number of likely N-dealkylation sites (tertiary alicyclic amines) is 1. The summed E-state index contributed by atoms with van der Waals surface area (Å²) in [6.07, 6.45) is 1.51. The van der Waals surface area contributed by atoms with E-state index in [1.807, 2.05) is 11.8 Å². The summed E-state index contributed by atoms with van der Waals surface area (Å²) in [7, 11) is 0. The molecule has 2 rings (SSSR count). The molecule has 0 spiro atoms. The standard InChI is InChI=1S/C18H26N2O2/c1-12-5-6-17(13(2)11-12)14(3)19-18(22)16-7-9-20(10-8-16)15(4)21/h5-6,11,14,16H,7-10H2,1-4H3,(H,19,22)/t14-/m1/s1. The first kappa shape index (κ1) is 16.5. The lowest BCUT2D eigenvalue weighted by Crippen LogP contribution is -2.42. The van der Waals surface area contributed by atoms with Crippen LogP contribution in [0.15, 0.2) is 18.2 Å².